The van der Waals surface area contributed by atoms with E-state index in [4.69, 9.17) is 14.7 Å². The number of rotatable bonds is 5. The lowest BCUT2D eigenvalue weighted by atomic mass is 9.87. The molecule has 2 N–H and O–H groups in total. The average molecular weight is 404 g/mol. The number of ether oxygens (including phenoxy) is 1. The summed E-state index contributed by atoms with van der Waals surface area (Å²) in [5.41, 5.74) is -3.10. The molecule has 2 aliphatic heterocycles. The minimum atomic E-state index is -3.71. The molecule has 28 heavy (non-hydrogen) atoms. The number of nitrogens with one attached hydrogen (secondary N) is 1. The van der Waals surface area contributed by atoms with Gasteiger partial charge in [0.15, 0.2) is 6.10 Å². The predicted molar refractivity (Wildman–Crippen MR) is 85.9 cm³/mol. The molecule has 1 amide bonds. The number of benzene rings is 1. The van der Waals surface area contributed by atoms with Crippen LogP contribution in [0.5, 0.6) is 0 Å². The third-order valence-corrected chi connectivity index (χ3v) is 4.61. The third kappa shape index (κ3) is 3.66. The van der Waals surface area contributed by atoms with Crippen LogP contribution in [0.25, 0.3) is 0 Å². The zero-order valence-electron chi connectivity index (χ0n) is 14.5. The summed E-state index contributed by atoms with van der Waals surface area (Å²) in [6.45, 7) is 0.291. The topological polar surface area (TPSA) is 97.2 Å². The Balaban J connectivity index is 1.80. The van der Waals surface area contributed by atoms with Gasteiger partial charge in [-0.25, -0.2) is 22.4 Å². The van der Waals surface area contributed by atoms with Crippen LogP contribution in [0.1, 0.15) is 25.3 Å². The van der Waals surface area contributed by atoms with Crippen molar-refractivity contribution in [3.05, 3.63) is 35.4 Å². The zero-order chi connectivity index (χ0) is 20.7. The summed E-state index contributed by atoms with van der Waals surface area (Å²) in [5, 5.41) is 14.7. The average Bonchev–Trinajstić information content (AvgIpc) is 3.21. The van der Waals surface area contributed by atoms with E-state index >= 15 is 0 Å². The van der Waals surface area contributed by atoms with Crippen LogP contribution < -0.4 is 5.32 Å². The van der Waals surface area contributed by atoms with Gasteiger partial charge in [0.2, 0.25) is 0 Å². The summed E-state index contributed by atoms with van der Waals surface area (Å²) in [7, 11) is 0. The van der Waals surface area contributed by atoms with Gasteiger partial charge in [0.25, 0.3) is 17.4 Å². The first kappa shape index (κ1) is 20.1. The fourth-order valence-electron chi connectivity index (χ4n) is 3.07. The first-order valence-electron chi connectivity index (χ1n) is 8.26. The van der Waals surface area contributed by atoms with Gasteiger partial charge in [-0.05, 0) is 12.1 Å². The van der Waals surface area contributed by atoms with Crippen molar-refractivity contribution in [2.24, 2.45) is 5.16 Å². The molecule has 0 aromatic heterocycles. The van der Waals surface area contributed by atoms with E-state index < -0.39 is 53.6 Å². The highest BCUT2D eigenvalue weighted by Crippen LogP contribution is 2.40. The molecule has 0 spiro atoms. The molecule has 1 fully saturated rings. The molecule has 3 rings (SSSR count). The molecule has 1 aromatic carbocycles. The number of nitrogens with zero attached hydrogens (tertiary/aromatic N) is 1. The highest BCUT2D eigenvalue weighted by molar-refractivity contribution is 6.06. The summed E-state index contributed by atoms with van der Waals surface area (Å²) >= 11 is 0. The number of hydrogen-bond donors (Lipinski definition) is 2. The van der Waals surface area contributed by atoms with Crippen LogP contribution in [0.15, 0.2) is 23.4 Å². The van der Waals surface area contributed by atoms with Crippen LogP contribution in [0, 0.1) is 11.6 Å². The minimum absolute atomic E-state index is 0.102. The van der Waals surface area contributed by atoms with E-state index in [0.717, 1.165) is 12.1 Å². The van der Waals surface area contributed by atoms with E-state index in [-0.39, 0.29) is 24.3 Å². The molecule has 0 bridgehead atoms. The van der Waals surface area contributed by atoms with Crippen molar-refractivity contribution in [2.75, 3.05) is 6.61 Å². The summed E-state index contributed by atoms with van der Waals surface area (Å²) in [6.07, 6.45) is -1.99. The second-order valence-electron chi connectivity index (χ2n) is 6.75. The van der Waals surface area contributed by atoms with Crippen LogP contribution in [0.4, 0.5) is 17.6 Å². The van der Waals surface area contributed by atoms with Crippen LogP contribution in [-0.2, 0) is 19.2 Å². The molecule has 0 aliphatic carbocycles. The molecular formula is C17H16F4N2O5. The maximum atomic E-state index is 14.3. The predicted octanol–water partition coefficient (Wildman–Crippen LogP) is 1.84. The van der Waals surface area contributed by atoms with Crippen LogP contribution in [0.3, 0.4) is 0 Å². The second-order valence-corrected chi connectivity index (χ2v) is 6.75. The van der Waals surface area contributed by atoms with Gasteiger partial charge in [-0.3, -0.25) is 4.79 Å². The minimum Gasteiger partial charge on any atom is -0.479 e. The summed E-state index contributed by atoms with van der Waals surface area (Å²) < 4.78 is 60.5. The van der Waals surface area contributed by atoms with Crippen molar-refractivity contribution in [2.45, 2.75) is 43.4 Å². The molecule has 2 heterocycles. The Kier molecular flexibility index (Phi) is 5.04. The molecule has 0 saturated carbocycles. The molecule has 11 heteroatoms. The summed E-state index contributed by atoms with van der Waals surface area (Å²) in [4.78, 5) is 28.3. The third-order valence-electron chi connectivity index (χ3n) is 4.61. The number of hydrogen-bond acceptors (Lipinski definition) is 5. The zero-order valence-corrected chi connectivity index (χ0v) is 14.5. The number of carbonyl (C=O) groups excluding carboxylic acids is 1. The second kappa shape index (κ2) is 7.04. The lowest BCUT2D eigenvalue weighted by molar-refractivity contribution is -0.195. The molecule has 2 unspecified atom stereocenters. The largest absolute Gasteiger partial charge is 0.479 e. The fraction of sp³-hybridized carbons (Fsp3) is 0.471. The maximum Gasteiger partial charge on any atom is 0.332 e. The van der Waals surface area contributed by atoms with Crippen molar-refractivity contribution in [1.29, 1.82) is 0 Å². The Morgan fingerprint density at radius 2 is 1.93 bits per heavy atom. The molecule has 7 nitrogen and oxygen atoms in total. The van der Waals surface area contributed by atoms with Crippen molar-refractivity contribution in [1.82, 2.24) is 5.32 Å². The molecule has 3 atom stereocenters. The van der Waals surface area contributed by atoms with Crippen LogP contribution >= 0.6 is 0 Å². The SMILES string of the molecule is CC(F)(F)[C@]1(C(=O)NC2COC(C(=O)O)C2)CC(c2cc(F)cc(F)c2)=NO1. The van der Waals surface area contributed by atoms with E-state index in [1.165, 1.54) is 0 Å². The molecular weight excluding hydrogens is 388 g/mol. The van der Waals surface area contributed by atoms with E-state index in [1.807, 2.05) is 0 Å². The summed E-state index contributed by atoms with van der Waals surface area (Å²) in [6, 6.07) is 1.56. The highest BCUT2D eigenvalue weighted by atomic mass is 19.3. The molecule has 1 aromatic rings. The smallest absolute Gasteiger partial charge is 0.332 e. The molecule has 1 saturated heterocycles. The van der Waals surface area contributed by atoms with Gasteiger partial charge in [-0.2, -0.15) is 0 Å². The lowest BCUT2D eigenvalue weighted by Crippen LogP contribution is -2.59. The lowest BCUT2D eigenvalue weighted by Gasteiger charge is -2.31. The Hall–Kier alpha value is -2.69. The number of amides is 1. The monoisotopic (exact) mass is 404 g/mol. The van der Waals surface area contributed by atoms with Crippen molar-refractivity contribution in [3.63, 3.8) is 0 Å². The van der Waals surface area contributed by atoms with E-state index in [1.54, 1.807) is 0 Å². The van der Waals surface area contributed by atoms with Gasteiger partial charge in [0, 0.05) is 25.0 Å². The number of carbonyl (C=O) groups is 2. The van der Waals surface area contributed by atoms with E-state index in [0.29, 0.717) is 13.0 Å². The number of oxime groups is 1. The van der Waals surface area contributed by atoms with Gasteiger partial charge in [0.1, 0.15) is 11.6 Å². The van der Waals surface area contributed by atoms with Gasteiger partial charge in [-0.15, -0.1) is 0 Å². The number of carboxylic acids is 1. The summed E-state index contributed by atoms with van der Waals surface area (Å²) in [5.74, 6) is -8.05. The molecule has 0 radical (unpaired) electrons. The first-order valence-corrected chi connectivity index (χ1v) is 8.26. The quantitative estimate of drug-likeness (QED) is 0.730. The van der Waals surface area contributed by atoms with Gasteiger partial charge in [0.05, 0.1) is 24.8 Å². The highest BCUT2D eigenvalue weighted by Gasteiger charge is 2.62. The van der Waals surface area contributed by atoms with Crippen molar-refractivity contribution in [3.8, 4) is 0 Å². The van der Waals surface area contributed by atoms with E-state index in [9.17, 15) is 27.2 Å². The number of carboxylic acid groups (broad SMARTS) is 1. The van der Waals surface area contributed by atoms with E-state index in [2.05, 4.69) is 10.5 Å². The fourth-order valence-corrected chi connectivity index (χ4v) is 3.07. The Labute approximate surface area is 156 Å². The Bertz CT molecular complexity index is 821. The molecule has 2 aliphatic rings. The number of aliphatic carboxylic acids is 1. The van der Waals surface area contributed by atoms with Crippen LogP contribution in [0.2, 0.25) is 0 Å². The van der Waals surface area contributed by atoms with Gasteiger partial charge in [-0.1, -0.05) is 5.16 Å². The number of halogens is 4. The van der Waals surface area contributed by atoms with Crippen molar-refractivity contribution < 1.29 is 41.8 Å². The first-order chi connectivity index (χ1) is 13.0. The maximum absolute atomic E-state index is 14.3. The Morgan fingerprint density at radius 3 is 2.46 bits per heavy atom. The Morgan fingerprint density at radius 1 is 1.29 bits per heavy atom. The molecule has 152 valence electrons. The van der Waals surface area contributed by atoms with Gasteiger partial charge >= 0.3 is 5.97 Å². The van der Waals surface area contributed by atoms with Crippen LogP contribution in [-0.4, -0.2) is 53.0 Å². The number of alkyl halides is 2. The van der Waals surface area contributed by atoms with Gasteiger partial charge < -0.3 is 20.0 Å². The normalized spacial score (nSPS) is 27.2. The van der Waals surface area contributed by atoms with Crippen molar-refractivity contribution >= 4 is 17.6 Å². The standard InChI is InChI=1S/C17H16F4N2O5/c1-16(20,21)17(15(26)22-11-5-13(14(24)25)27-7-11)6-12(23-28-17)8-2-9(18)4-10(19)3-8/h2-4,11,13H,5-7H2,1H3,(H,22,26)(H,24,25)/t11?,13?,17-/m1/s1.